The Labute approximate surface area is 99.3 Å². The fourth-order valence-electron chi connectivity index (χ4n) is 3.16. The molecule has 5 heteroatoms. The van der Waals surface area contributed by atoms with Crippen LogP contribution >= 0.6 is 0 Å². The molecule has 2 atom stereocenters. The van der Waals surface area contributed by atoms with E-state index >= 15 is 0 Å². The van der Waals surface area contributed by atoms with Gasteiger partial charge in [0.1, 0.15) is 6.20 Å². The number of aromatic nitrogens is 2. The molecule has 2 aliphatic carbocycles. The van der Waals surface area contributed by atoms with E-state index in [9.17, 15) is 10.1 Å². The van der Waals surface area contributed by atoms with Gasteiger partial charge in [-0.2, -0.15) is 0 Å². The van der Waals surface area contributed by atoms with Gasteiger partial charge in [-0.1, -0.05) is 5.57 Å². The van der Waals surface area contributed by atoms with Crippen LogP contribution in [-0.4, -0.2) is 14.5 Å². The second kappa shape index (κ2) is 3.68. The number of nitrogens with zero attached hydrogens (tertiary/aromatic N) is 3. The molecule has 0 aliphatic heterocycles. The summed E-state index contributed by atoms with van der Waals surface area (Å²) in [6.07, 6.45) is 8.48. The first-order chi connectivity index (χ1) is 8.15. The first-order valence-electron chi connectivity index (χ1n) is 6.01. The zero-order valence-corrected chi connectivity index (χ0v) is 9.80. The lowest BCUT2D eigenvalue weighted by molar-refractivity contribution is -0.391. The van der Waals surface area contributed by atoms with E-state index in [1.165, 1.54) is 31.0 Å². The summed E-state index contributed by atoms with van der Waals surface area (Å²) < 4.78 is 1.55. The summed E-state index contributed by atoms with van der Waals surface area (Å²) in [6.45, 7) is 0. The van der Waals surface area contributed by atoms with Crippen molar-refractivity contribution in [3.8, 4) is 0 Å². The first kappa shape index (κ1) is 10.5. The molecular formula is C12H15N3O2. The van der Waals surface area contributed by atoms with Crippen molar-refractivity contribution in [2.75, 3.05) is 0 Å². The molecule has 2 saturated carbocycles. The molecule has 0 amide bonds. The quantitative estimate of drug-likeness (QED) is 0.582. The Kier molecular flexibility index (Phi) is 2.28. The lowest BCUT2D eigenvalue weighted by Gasteiger charge is -2.11. The molecule has 2 fully saturated rings. The molecule has 17 heavy (non-hydrogen) atoms. The Balaban J connectivity index is 1.91. The maximum absolute atomic E-state index is 10.7. The van der Waals surface area contributed by atoms with Crippen molar-refractivity contribution in [3.05, 3.63) is 27.7 Å². The number of allylic oxidation sites excluding steroid dienone is 1. The Hall–Kier alpha value is -1.65. The Morgan fingerprint density at radius 2 is 2.41 bits per heavy atom. The normalized spacial score (nSPS) is 29.1. The summed E-state index contributed by atoms with van der Waals surface area (Å²) in [7, 11) is 1.70. The Bertz CT molecular complexity index is 504. The maximum atomic E-state index is 10.7. The summed E-state index contributed by atoms with van der Waals surface area (Å²) in [6, 6.07) is 0. The molecule has 0 spiro atoms. The van der Waals surface area contributed by atoms with E-state index in [0.29, 0.717) is 11.7 Å². The van der Waals surface area contributed by atoms with Crippen molar-refractivity contribution in [3.63, 3.8) is 0 Å². The van der Waals surface area contributed by atoms with E-state index in [1.54, 1.807) is 11.6 Å². The molecular weight excluding hydrogens is 218 g/mol. The summed E-state index contributed by atoms with van der Waals surface area (Å²) >= 11 is 0. The summed E-state index contributed by atoms with van der Waals surface area (Å²) in [5.74, 6) is 2.32. The molecule has 1 aromatic heterocycles. The molecule has 2 aliphatic rings. The number of nitro groups is 1. The third-order valence-corrected chi connectivity index (χ3v) is 4.09. The highest BCUT2D eigenvalue weighted by Gasteiger charge is 2.35. The molecule has 5 nitrogen and oxygen atoms in total. The molecule has 0 N–H and O–H groups in total. The number of fused-ring (bicyclic) bond motifs is 2. The van der Waals surface area contributed by atoms with Crippen LogP contribution in [0.4, 0.5) is 5.82 Å². The molecule has 1 aromatic rings. The zero-order chi connectivity index (χ0) is 12.0. The van der Waals surface area contributed by atoms with Gasteiger partial charge in [0.15, 0.2) is 0 Å². The van der Waals surface area contributed by atoms with Gasteiger partial charge in [-0.25, -0.2) is 9.55 Å². The summed E-state index contributed by atoms with van der Waals surface area (Å²) in [4.78, 5) is 14.5. The minimum absolute atomic E-state index is 0.0556. The largest absolute Gasteiger partial charge is 0.358 e. The van der Waals surface area contributed by atoms with Crippen LogP contribution in [0.2, 0.25) is 0 Å². The molecule has 0 saturated heterocycles. The highest BCUT2D eigenvalue weighted by molar-refractivity contribution is 5.50. The summed E-state index contributed by atoms with van der Waals surface area (Å²) in [5, 5.41) is 10.7. The zero-order valence-electron chi connectivity index (χ0n) is 9.80. The molecule has 0 aromatic carbocycles. The summed E-state index contributed by atoms with van der Waals surface area (Å²) in [5.41, 5.74) is 1.44. The van der Waals surface area contributed by atoms with Gasteiger partial charge in [0.25, 0.3) is 0 Å². The number of rotatable bonds is 2. The van der Waals surface area contributed by atoms with Crippen molar-refractivity contribution >= 4 is 11.9 Å². The second-order valence-electron chi connectivity index (χ2n) is 5.09. The fraction of sp³-hybridized carbons (Fsp3) is 0.583. The number of imidazole rings is 1. The molecule has 3 rings (SSSR count). The lowest BCUT2D eigenvalue weighted by Crippen LogP contribution is -2.01. The minimum Gasteiger partial charge on any atom is -0.358 e. The van der Waals surface area contributed by atoms with Crippen LogP contribution in [0, 0.1) is 22.0 Å². The van der Waals surface area contributed by atoms with E-state index in [4.69, 9.17) is 0 Å². The lowest BCUT2D eigenvalue weighted by atomic mass is 9.94. The first-order valence-corrected chi connectivity index (χ1v) is 6.01. The minimum atomic E-state index is -0.393. The van der Waals surface area contributed by atoms with Crippen LogP contribution in [-0.2, 0) is 7.05 Å². The van der Waals surface area contributed by atoms with Gasteiger partial charge in [-0.3, -0.25) is 0 Å². The van der Waals surface area contributed by atoms with Crippen LogP contribution in [0.25, 0.3) is 6.08 Å². The number of hydrogen-bond donors (Lipinski definition) is 0. The van der Waals surface area contributed by atoms with E-state index in [1.807, 2.05) is 0 Å². The molecule has 90 valence electrons. The van der Waals surface area contributed by atoms with Crippen LogP contribution in [0.3, 0.4) is 0 Å². The van der Waals surface area contributed by atoms with Crippen molar-refractivity contribution < 1.29 is 4.92 Å². The molecule has 1 heterocycles. The predicted octanol–water partition coefficient (Wildman–Crippen LogP) is 2.53. The van der Waals surface area contributed by atoms with E-state index < -0.39 is 4.92 Å². The fourth-order valence-corrected chi connectivity index (χ4v) is 3.16. The van der Waals surface area contributed by atoms with Gasteiger partial charge < -0.3 is 10.1 Å². The maximum Gasteiger partial charge on any atom is 0.342 e. The van der Waals surface area contributed by atoms with Crippen molar-refractivity contribution in [2.24, 2.45) is 18.9 Å². The highest BCUT2D eigenvalue weighted by atomic mass is 16.6. The van der Waals surface area contributed by atoms with Crippen molar-refractivity contribution in [1.29, 1.82) is 0 Å². The van der Waals surface area contributed by atoms with Gasteiger partial charge in [0.2, 0.25) is 5.82 Å². The van der Waals surface area contributed by atoms with Gasteiger partial charge in [-0.15, -0.1) is 0 Å². The van der Waals surface area contributed by atoms with Crippen LogP contribution in [0.1, 0.15) is 31.5 Å². The highest BCUT2D eigenvalue weighted by Crippen LogP contribution is 2.48. The van der Waals surface area contributed by atoms with Crippen molar-refractivity contribution in [1.82, 2.24) is 9.55 Å². The average molecular weight is 233 g/mol. The van der Waals surface area contributed by atoms with Gasteiger partial charge in [-0.05, 0) is 42.4 Å². The van der Waals surface area contributed by atoms with Crippen LogP contribution in [0.15, 0.2) is 11.8 Å². The molecule has 2 unspecified atom stereocenters. The standard InChI is InChI=1S/C12H15N3O2/c1-14-11(13-7-12(14)15(16)17)6-10-5-8-2-3-9(10)4-8/h6-9H,2-5H2,1H3/b10-6-. The van der Waals surface area contributed by atoms with Gasteiger partial charge in [0.05, 0.1) is 7.05 Å². The SMILES string of the molecule is Cn1c([N+](=O)[O-])cnc1/C=C1/CC2CCC1C2. The monoisotopic (exact) mass is 233 g/mol. The van der Waals surface area contributed by atoms with Gasteiger partial charge in [0, 0.05) is 6.08 Å². The molecule has 0 radical (unpaired) electrons. The average Bonchev–Trinajstić information content (AvgIpc) is 2.95. The Morgan fingerprint density at radius 1 is 1.59 bits per heavy atom. The predicted molar refractivity (Wildman–Crippen MR) is 63.3 cm³/mol. The van der Waals surface area contributed by atoms with E-state index in [-0.39, 0.29) is 5.82 Å². The van der Waals surface area contributed by atoms with Crippen LogP contribution in [0.5, 0.6) is 0 Å². The van der Waals surface area contributed by atoms with Crippen LogP contribution < -0.4 is 0 Å². The third-order valence-electron chi connectivity index (χ3n) is 4.09. The van der Waals surface area contributed by atoms with E-state index in [0.717, 1.165) is 12.3 Å². The Morgan fingerprint density at radius 3 is 2.94 bits per heavy atom. The topological polar surface area (TPSA) is 61.0 Å². The van der Waals surface area contributed by atoms with E-state index in [2.05, 4.69) is 11.1 Å². The number of hydrogen-bond acceptors (Lipinski definition) is 3. The second-order valence-corrected chi connectivity index (χ2v) is 5.09. The molecule has 2 bridgehead atoms. The van der Waals surface area contributed by atoms with Gasteiger partial charge >= 0.3 is 5.82 Å². The third kappa shape index (κ3) is 1.66. The van der Waals surface area contributed by atoms with Crippen molar-refractivity contribution in [2.45, 2.75) is 25.7 Å². The smallest absolute Gasteiger partial charge is 0.342 e.